The Balaban J connectivity index is 0.000000549. The molecule has 0 saturated heterocycles. The Hall–Kier alpha value is -3.00. The third-order valence-electron chi connectivity index (χ3n) is 5.08. The second-order valence-corrected chi connectivity index (χ2v) is 10.5. The van der Waals surface area contributed by atoms with Gasteiger partial charge in [0.25, 0.3) is 0 Å². The molecule has 0 aliphatic heterocycles. The molecule has 3 rings (SSSR count). The first-order valence-corrected chi connectivity index (χ1v) is 14.2. The average Bonchev–Trinajstić information content (AvgIpc) is 2.98. The zero-order valence-electron chi connectivity index (χ0n) is 22.8. The molecule has 42 heavy (non-hydrogen) atoms. The minimum atomic E-state index is -0.954. The van der Waals surface area contributed by atoms with E-state index in [-0.39, 0.29) is 48.2 Å². The molecule has 3 atom stereocenters. The first-order chi connectivity index (χ1) is 19.9. The van der Waals surface area contributed by atoms with Crippen LogP contribution in [0.3, 0.4) is 0 Å². The van der Waals surface area contributed by atoms with E-state index < -0.39 is 24.0 Å². The fourth-order valence-electron chi connectivity index (χ4n) is 2.93. The Morgan fingerprint density at radius 1 is 0.500 bits per heavy atom. The van der Waals surface area contributed by atoms with Crippen molar-refractivity contribution in [2.45, 2.75) is 41.1 Å². The van der Waals surface area contributed by atoms with Crippen molar-refractivity contribution in [2.75, 3.05) is 13.2 Å². The summed E-state index contributed by atoms with van der Waals surface area (Å²) < 4.78 is 0. The lowest BCUT2D eigenvalue weighted by Gasteiger charge is -2.06. The third kappa shape index (κ3) is 20.0. The Kier molecular flexibility index (Phi) is 21.9. The largest absolute Gasteiger partial charge is 0.481 e. The van der Waals surface area contributed by atoms with Gasteiger partial charge in [-0.1, -0.05) is 91.0 Å². The third-order valence-corrected chi connectivity index (χ3v) is 6.52. The molecule has 6 N–H and O–H groups in total. The van der Waals surface area contributed by atoms with Crippen LogP contribution in [0.5, 0.6) is 0 Å². The number of carbonyl (C=O) groups is 3. The summed E-state index contributed by atoms with van der Waals surface area (Å²) in [5, 5.41) is 48.9. The smallest absolute Gasteiger partial charge is 0.304 e. The lowest BCUT2D eigenvalue weighted by molar-refractivity contribution is -0.138. The average molecular weight is 639 g/mol. The van der Waals surface area contributed by atoms with Gasteiger partial charge in [0, 0.05) is 15.7 Å². The van der Waals surface area contributed by atoms with Crippen LogP contribution in [0.2, 0.25) is 0 Å². The maximum absolute atomic E-state index is 10.3. The highest BCUT2D eigenvalue weighted by atomic mass is 32.1. The number of carboxylic acids is 3. The van der Waals surface area contributed by atoms with Gasteiger partial charge < -0.3 is 30.6 Å². The lowest BCUT2D eigenvalue weighted by atomic mass is 10.1. The van der Waals surface area contributed by atoms with Gasteiger partial charge in [0.1, 0.15) is 6.10 Å². The second kappa shape index (κ2) is 23.6. The zero-order valence-corrected chi connectivity index (χ0v) is 25.4. The number of aliphatic carboxylic acids is 3. The molecule has 230 valence electrons. The van der Waals surface area contributed by atoms with Gasteiger partial charge in [-0.25, -0.2) is 0 Å². The normalized spacial score (nSPS) is 12.1. The molecular formula is C30H38O9S3. The molecule has 0 aromatic heterocycles. The van der Waals surface area contributed by atoms with Gasteiger partial charge in [-0.3, -0.25) is 14.4 Å². The van der Waals surface area contributed by atoms with Gasteiger partial charge >= 0.3 is 17.9 Å². The summed E-state index contributed by atoms with van der Waals surface area (Å²) in [4.78, 5) is 31.0. The number of aliphatic hydroxyl groups is 3. The lowest BCUT2D eigenvalue weighted by Crippen LogP contribution is -2.15. The molecule has 0 amide bonds. The predicted octanol–water partition coefficient (Wildman–Crippen LogP) is 4.73. The first kappa shape index (κ1) is 39.0. The van der Waals surface area contributed by atoms with Crippen molar-refractivity contribution < 1.29 is 45.0 Å². The highest BCUT2D eigenvalue weighted by molar-refractivity contribution is 7.80. The van der Waals surface area contributed by atoms with Crippen LogP contribution in [0.15, 0.2) is 91.0 Å². The van der Waals surface area contributed by atoms with Gasteiger partial charge in [0.15, 0.2) is 0 Å². The van der Waals surface area contributed by atoms with Crippen LogP contribution in [0.4, 0.5) is 0 Å². The van der Waals surface area contributed by atoms with E-state index in [0.29, 0.717) is 0 Å². The van der Waals surface area contributed by atoms with Crippen LogP contribution in [0.25, 0.3) is 0 Å². The van der Waals surface area contributed by atoms with Crippen molar-refractivity contribution in [2.24, 2.45) is 0 Å². The highest BCUT2D eigenvalue weighted by Crippen LogP contribution is 2.24. The molecule has 0 fully saturated rings. The van der Waals surface area contributed by atoms with Crippen LogP contribution >= 0.6 is 37.9 Å². The monoisotopic (exact) mass is 638 g/mol. The molecular weight excluding hydrogens is 601 g/mol. The Morgan fingerprint density at radius 3 is 0.857 bits per heavy atom. The van der Waals surface area contributed by atoms with Gasteiger partial charge in [-0.15, -0.1) is 0 Å². The number of carboxylic acid groups (broad SMARTS) is 3. The van der Waals surface area contributed by atoms with Gasteiger partial charge in [-0.2, -0.15) is 37.9 Å². The minimum Gasteiger partial charge on any atom is -0.481 e. The number of benzene rings is 3. The van der Waals surface area contributed by atoms with E-state index in [1.54, 1.807) is 0 Å². The van der Waals surface area contributed by atoms with E-state index in [1.807, 2.05) is 91.0 Å². The molecule has 0 bridgehead atoms. The summed E-state index contributed by atoms with van der Waals surface area (Å²) >= 11 is 12.5. The number of rotatable bonds is 11. The molecule has 0 spiro atoms. The van der Waals surface area contributed by atoms with Crippen molar-refractivity contribution >= 4 is 55.8 Å². The number of thiol groups is 3. The zero-order chi connectivity index (χ0) is 31.9. The van der Waals surface area contributed by atoms with Crippen molar-refractivity contribution in [1.29, 1.82) is 0 Å². The number of hydrogen-bond donors (Lipinski definition) is 9. The molecule has 0 aliphatic carbocycles. The van der Waals surface area contributed by atoms with E-state index >= 15 is 0 Å². The molecule has 0 radical (unpaired) electrons. The topological polar surface area (TPSA) is 173 Å². The van der Waals surface area contributed by atoms with Crippen LogP contribution in [0, 0.1) is 0 Å². The van der Waals surface area contributed by atoms with Gasteiger partial charge in [-0.05, 0) is 16.7 Å². The van der Waals surface area contributed by atoms with Crippen LogP contribution in [0.1, 0.15) is 51.7 Å². The number of hydrogen-bond acceptors (Lipinski definition) is 9. The van der Waals surface area contributed by atoms with Gasteiger partial charge in [0.05, 0.1) is 32.5 Å². The molecule has 0 heterocycles. The van der Waals surface area contributed by atoms with Crippen LogP contribution in [-0.2, 0) is 14.4 Å². The summed E-state index contributed by atoms with van der Waals surface area (Å²) in [5.41, 5.74) is 2.84. The van der Waals surface area contributed by atoms with Gasteiger partial charge in [0.2, 0.25) is 0 Å². The van der Waals surface area contributed by atoms with E-state index in [1.165, 1.54) is 0 Å². The standard InChI is InChI=1S/3C9H10O2S.C3H8O3/c3*10-9(11)6-8(12)7-4-2-1-3-5-7;4-1-3(6)2-5/h3*1-5,8,12H,6H2,(H,10,11);3-6H,1-2H2. The molecule has 12 heteroatoms. The first-order valence-electron chi connectivity index (χ1n) is 12.6. The Bertz CT molecular complexity index is 996. The minimum absolute atomic E-state index is 0.0626. The fraction of sp³-hybridized carbons (Fsp3) is 0.300. The summed E-state index contributed by atoms with van der Waals surface area (Å²) in [6.45, 7) is -0.729. The second-order valence-electron chi connectivity index (χ2n) is 8.59. The maximum Gasteiger partial charge on any atom is 0.304 e. The summed E-state index contributed by atoms with van der Waals surface area (Å²) in [6, 6.07) is 28.2. The Labute approximate surface area is 262 Å². The number of aliphatic hydroxyl groups excluding tert-OH is 3. The van der Waals surface area contributed by atoms with E-state index in [4.69, 9.17) is 30.6 Å². The summed E-state index contributed by atoms with van der Waals surface area (Å²) in [7, 11) is 0. The van der Waals surface area contributed by atoms with Crippen LogP contribution in [-0.4, -0.2) is 67.9 Å². The van der Waals surface area contributed by atoms with E-state index in [2.05, 4.69) is 37.9 Å². The Morgan fingerprint density at radius 2 is 0.714 bits per heavy atom. The van der Waals surface area contributed by atoms with E-state index in [0.717, 1.165) is 16.7 Å². The van der Waals surface area contributed by atoms with Crippen molar-refractivity contribution in [1.82, 2.24) is 0 Å². The van der Waals surface area contributed by atoms with Crippen molar-refractivity contribution in [3.8, 4) is 0 Å². The van der Waals surface area contributed by atoms with Crippen molar-refractivity contribution in [3.63, 3.8) is 0 Å². The highest BCUT2D eigenvalue weighted by Gasteiger charge is 2.11. The molecule has 3 aromatic carbocycles. The molecule has 0 saturated carbocycles. The molecule has 0 aliphatic rings. The molecule has 9 nitrogen and oxygen atoms in total. The van der Waals surface area contributed by atoms with E-state index in [9.17, 15) is 14.4 Å². The van der Waals surface area contributed by atoms with Crippen LogP contribution < -0.4 is 0 Å². The molecule has 3 unspecified atom stereocenters. The SMILES string of the molecule is O=C(O)CC(S)c1ccccc1.O=C(O)CC(S)c1ccccc1.O=C(O)CC(S)c1ccccc1.OCC(O)CO. The predicted molar refractivity (Wildman–Crippen MR) is 171 cm³/mol. The maximum atomic E-state index is 10.3. The molecule has 3 aromatic rings. The quantitative estimate of drug-likeness (QED) is 0.135. The van der Waals surface area contributed by atoms with Crippen molar-refractivity contribution in [3.05, 3.63) is 108 Å². The fourth-order valence-corrected chi connectivity index (χ4v) is 3.92. The summed E-state index contributed by atoms with van der Waals surface area (Å²) in [5.74, 6) is -2.46. The summed E-state index contributed by atoms with van der Waals surface area (Å²) in [6.07, 6.45) is -0.766.